The Labute approximate surface area is 207 Å². The molecular weight excluding hydrogens is 464 g/mol. The standard InChI is InChI=1S/C27H22N2O5S/c1-2-3-14-33-26(31)19-10-8-18(9-11-19)23-13-12-22(34-23)15-24-25(30)29(27(32)35-24)17-21-7-5-4-6-20(21)16-28/h4-13,15H,2-3,14,17H2,1H3/b24-15+. The zero-order valence-electron chi connectivity index (χ0n) is 19.0. The highest BCUT2D eigenvalue weighted by atomic mass is 32.2. The summed E-state index contributed by atoms with van der Waals surface area (Å²) in [7, 11) is 0. The first-order valence-corrected chi connectivity index (χ1v) is 11.9. The summed E-state index contributed by atoms with van der Waals surface area (Å²) in [6, 6.07) is 19.3. The molecule has 3 aromatic rings. The lowest BCUT2D eigenvalue weighted by Crippen LogP contribution is -2.27. The molecule has 4 rings (SSSR count). The third-order valence-corrected chi connectivity index (χ3v) is 6.28. The number of esters is 1. The van der Waals surface area contributed by atoms with Gasteiger partial charge in [-0.2, -0.15) is 5.26 Å². The van der Waals surface area contributed by atoms with Gasteiger partial charge in [-0.15, -0.1) is 0 Å². The van der Waals surface area contributed by atoms with Crippen LogP contribution in [0.4, 0.5) is 4.79 Å². The monoisotopic (exact) mass is 486 g/mol. The largest absolute Gasteiger partial charge is 0.462 e. The number of unbranched alkanes of at least 4 members (excludes halogenated alkanes) is 1. The second-order valence-electron chi connectivity index (χ2n) is 7.81. The third kappa shape index (κ3) is 5.53. The molecule has 35 heavy (non-hydrogen) atoms. The van der Waals surface area contributed by atoms with Gasteiger partial charge in [0.15, 0.2) is 0 Å². The molecule has 2 aromatic carbocycles. The van der Waals surface area contributed by atoms with Crippen LogP contribution >= 0.6 is 11.8 Å². The SMILES string of the molecule is CCCCOC(=O)c1ccc(-c2ccc(/C=C3/SC(=O)N(Cc4ccccc4C#N)C3=O)o2)cc1. The first kappa shape index (κ1) is 24.0. The summed E-state index contributed by atoms with van der Waals surface area (Å²) in [5.74, 6) is 0.185. The van der Waals surface area contributed by atoms with Crippen molar-refractivity contribution < 1.29 is 23.5 Å². The van der Waals surface area contributed by atoms with Crippen molar-refractivity contribution in [2.24, 2.45) is 0 Å². The summed E-state index contributed by atoms with van der Waals surface area (Å²) >= 11 is 0.832. The lowest BCUT2D eigenvalue weighted by atomic mass is 10.1. The molecule has 0 radical (unpaired) electrons. The molecule has 0 N–H and O–H groups in total. The highest BCUT2D eigenvalue weighted by Crippen LogP contribution is 2.34. The molecule has 176 valence electrons. The van der Waals surface area contributed by atoms with Crippen molar-refractivity contribution >= 4 is 35.0 Å². The smallest absolute Gasteiger partial charge is 0.338 e. The van der Waals surface area contributed by atoms with Crippen molar-refractivity contribution in [1.82, 2.24) is 4.90 Å². The summed E-state index contributed by atoms with van der Waals surface area (Å²) in [4.78, 5) is 38.7. The number of ether oxygens (including phenoxy) is 1. The van der Waals surface area contributed by atoms with Crippen molar-refractivity contribution in [2.45, 2.75) is 26.3 Å². The lowest BCUT2D eigenvalue weighted by Gasteiger charge is -2.13. The number of rotatable bonds is 8. The molecule has 1 saturated heterocycles. The van der Waals surface area contributed by atoms with Crippen LogP contribution in [-0.4, -0.2) is 28.6 Å². The van der Waals surface area contributed by atoms with Gasteiger partial charge in [0.2, 0.25) is 0 Å². The van der Waals surface area contributed by atoms with E-state index in [1.54, 1.807) is 60.7 Å². The maximum Gasteiger partial charge on any atom is 0.338 e. The molecular formula is C27H22N2O5S. The first-order chi connectivity index (χ1) is 17.0. The Morgan fingerprint density at radius 3 is 2.63 bits per heavy atom. The number of carbonyl (C=O) groups excluding carboxylic acids is 3. The fraction of sp³-hybridized carbons (Fsp3) is 0.185. The van der Waals surface area contributed by atoms with Crippen LogP contribution in [0.5, 0.6) is 0 Å². The Bertz CT molecular complexity index is 1330. The second kappa shape index (κ2) is 10.9. The normalized spacial score (nSPS) is 14.4. The van der Waals surface area contributed by atoms with Gasteiger partial charge in [0.1, 0.15) is 11.5 Å². The summed E-state index contributed by atoms with van der Waals surface area (Å²) in [6.07, 6.45) is 3.31. The van der Waals surface area contributed by atoms with E-state index in [0.29, 0.717) is 34.8 Å². The van der Waals surface area contributed by atoms with Crippen LogP contribution in [0, 0.1) is 11.3 Å². The summed E-state index contributed by atoms with van der Waals surface area (Å²) in [5.41, 5.74) is 2.25. The van der Waals surface area contributed by atoms with Gasteiger partial charge in [-0.1, -0.05) is 43.7 Å². The van der Waals surface area contributed by atoms with Crippen LogP contribution in [-0.2, 0) is 16.1 Å². The maximum atomic E-state index is 12.8. The Balaban J connectivity index is 1.45. The Morgan fingerprint density at radius 2 is 1.89 bits per heavy atom. The van der Waals surface area contributed by atoms with Crippen molar-refractivity contribution in [3.8, 4) is 17.4 Å². The highest BCUT2D eigenvalue weighted by Gasteiger charge is 2.35. The predicted molar refractivity (Wildman–Crippen MR) is 132 cm³/mol. The number of hydrogen-bond donors (Lipinski definition) is 0. The van der Waals surface area contributed by atoms with E-state index in [1.165, 1.54) is 6.08 Å². The summed E-state index contributed by atoms with van der Waals surface area (Å²) in [6.45, 7) is 2.46. The van der Waals surface area contributed by atoms with Crippen molar-refractivity contribution in [3.63, 3.8) is 0 Å². The van der Waals surface area contributed by atoms with E-state index >= 15 is 0 Å². The molecule has 8 heteroatoms. The summed E-state index contributed by atoms with van der Waals surface area (Å²) in [5, 5.41) is 8.86. The second-order valence-corrected chi connectivity index (χ2v) is 8.80. The van der Waals surface area contributed by atoms with Gasteiger partial charge in [0.05, 0.1) is 35.3 Å². The molecule has 1 fully saturated rings. The maximum absolute atomic E-state index is 12.8. The Morgan fingerprint density at radius 1 is 1.11 bits per heavy atom. The van der Waals surface area contributed by atoms with Gasteiger partial charge in [-0.3, -0.25) is 14.5 Å². The molecule has 2 heterocycles. The van der Waals surface area contributed by atoms with Crippen LogP contribution in [0.3, 0.4) is 0 Å². The molecule has 0 atom stereocenters. The van der Waals surface area contributed by atoms with E-state index in [4.69, 9.17) is 9.15 Å². The molecule has 1 aromatic heterocycles. The average Bonchev–Trinajstić information content (AvgIpc) is 3.45. The topological polar surface area (TPSA) is 101 Å². The van der Waals surface area contributed by atoms with Crippen LogP contribution < -0.4 is 0 Å². The van der Waals surface area contributed by atoms with Crippen LogP contribution in [0.25, 0.3) is 17.4 Å². The fourth-order valence-corrected chi connectivity index (χ4v) is 4.27. The van der Waals surface area contributed by atoms with E-state index in [9.17, 15) is 19.6 Å². The Hall–Kier alpha value is -4.09. The number of imide groups is 1. The van der Waals surface area contributed by atoms with Gasteiger partial charge >= 0.3 is 5.97 Å². The molecule has 2 amide bonds. The van der Waals surface area contributed by atoms with Gasteiger partial charge in [-0.05, 0) is 54.1 Å². The number of carbonyl (C=O) groups is 3. The zero-order valence-corrected chi connectivity index (χ0v) is 19.8. The number of benzene rings is 2. The quantitative estimate of drug-likeness (QED) is 0.218. The molecule has 1 aliphatic rings. The van der Waals surface area contributed by atoms with Crippen molar-refractivity contribution in [1.29, 1.82) is 5.26 Å². The summed E-state index contributed by atoms with van der Waals surface area (Å²) < 4.78 is 11.1. The molecule has 1 aliphatic heterocycles. The fourth-order valence-electron chi connectivity index (χ4n) is 3.45. The van der Waals surface area contributed by atoms with Crippen molar-refractivity contribution in [2.75, 3.05) is 6.61 Å². The number of nitrogens with zero attached hydrogens (tertiary/aromatic N) is 2. The first-order valence-electron chi connectivity index (χ1n) is 11.1. The minimum Gasteiger partial charge on any atom is -0.462 e. The number of thioether (sulfide) groups is 1. The average molecular weight is 487 g/mol. The molecule has 0 aliphatic carbocycles. The van der Waals surface area contributed by atoms with Crippen LogP contribution in [0.2, 0.25) is 0 Å². The minimum atomic E-state index is -0.434. The number of nitriles is 1. The number of furan rings is 1. The lowest BCUT2D eigenvalue weighted by molar-refractivity contribution is -0.123. The molecule has 7 nitrogen and oxygen atoms in total. The van der Waals surface area contributed by atoms with E-state index in [2.05, 4.69) is 6.07 Å². The van der Waals surface area contributed by atoms with Crippen LogP contribution in [0.1, 0.15) is 47.0 Å². The molecule has 0 bridgehead atoms. The molecule has 0 saturated carbocycles. The van der Waals surface area contributed by atoms with E-state index < -0.39 is 11.1 Å². The molecule has 0 spiro atoms. The minimum absolute atomic E-state index is 0.0301. The van der Waals surface area contributed by atoms with E-state index in [0.717, 1.165) is 35.1 Å². The Kier molecular flexibility index (Phi) is 7.48. The van der Waals surface area contributed by atoms with Gasteiger partial charge < -0.3 is 9.15 Å². The highest BCUT2D eigenvalue weighted by molar-refractivity contribution is 8.18. The van der Waals surface area contributed by atoms with Crippen LogP contribution in [0.15, 0.2) is 70.0 Å². The van der Waals surface area contributed by atoms with Gasteiger partial charge in [0, 0.05) is 11.6 Å². The molecule has 0 unspecified atom stereocenters. The number of hydrogen-bond acceptors (Lipinski definition) is 7. The van der Waals surface area contributed by atoms with E-state index in [-0.39, 0.29) is 17.4 Å². The predicted octanol–water partition coefficient (Wildman–Crippen LogP) is 6.01. The van der Waals surface area contributed by atoms with E-state index in [1.807, 2.05) is 6.92 Å². The zero-order chi connectivity index (χ0) is 24.8. The van der Waals surface area contributed by atoms with Crippen molar-refractivity contribution in [3.05, 3.63) is 88.0 Å². The van der Waals surface area contributed by atoms with Gasteiger partial charge in [0.25, 0.3) is 11.1 Å². The third-order valence-electron chi connectivity index (χ3n) is 5.38. The van der Waals surface area contributed by atoms with Gasteiger partial charge in [-0.25, -0.2) is 4.79 Å². The number of amides is 2.